The average Bonchev–Trinajstić information content (AvgIpc) is 2.38. The Morgan fingerprint density at radius 3 is 1.90 bits per heavy atom. The van der Waals surface area contributed by atoms with Crippen LogP contribution in [0, 0.1) is 11.6 Å². The van der Waals surface area contributed by atoms with Gasteiger partial charge in [0, 0.05) is 12.1 Å². The summed E-state index contributed by atoms with van der Waals surface area (Å²) in [5.41, 5.74) is 9.09. The molecule has 0 saturated heterocycles. The van der Waals surface area contributed by atoms with Crippen LogP contribution in [-0.4, -0.2) is 6.04 Å². The van der Waals surface area contributed by atoms with E-state index in [1.165, 1.54) is 17.7 Å². The van der Waals surface area contributed by atoms with Crippen molar-refractivity contribution in [3.8, 4) is 0 Å². The summed E-state index contributed by atoms with van der Waals surface area (Å²) in [5, 5.41) is 0. The molecule has 0 aliphatic rings. The fourth-order valence-corrected chi connectivity index (χ4v) is 2.32. The van der Waals surface area contributed by atoms with Crippen LogP contribution in [0.25, 0.3) is 0 Å². The number of rotatable bonds is 5. The van der Waals surface area contributed by atoms with E-state index in [0.29, 0.717) is 18.4 Å². The van der Waals surface area contributed by atoms with Crippen molar-refractivity contribution in [2.75, 3.05) is 0 Å². The van der Waals surface area contributed by atoms with Gasteiger partial charge in [-0.2, -0.15) is 0 Å². The van der Waals surface area contributed by atoms with Gasteiger partial charge in [0.25, 0.3) is 0 Å². The first kappa shape index (κ1) is 14.7. The van der Waals surface area contributed by atoms with E-state index in [1.54, 1.807) is 0 Å². The van der Waals surface area contributed by atoms with E-state index >= 15 is 0 Å². The standard InChI is InChI=1S/C17H19F2N/c1-2-12-3-5-13(6-4-12)9-17(20)10-14-7-15(18)11-16(19)8-14/h3-8,11,17H,2,9-10,20H2,1H3. The third kappa shape index (κ3) is 4.14. The van der Waals surface area contributed by atoms with Crippen LogP contribution in [0.3, 0.4) is 0 Å². The molecule has 0 fully saturated rings. The van der Waals surface area contributed by atoms with Gasteiger partial charge < -0.3 is 5.73 Å². The number of halogens is 2. The molecule has 0 heterocycles. The normalized spacial score (nSPS) is 12.4. The van der Waals surface area contributed by atoms with Gasteiger partial charge in [0.15, 0.2) is 0 Å². The maximum absolute atomic E-state index is 13.1. The summed E-state index contributed by atoms with van der Waals surface area (Å²) in [4.78, 5) is 0. The second-order valence-corrected chi connectivity index (χ2v) is 5.12. The first-order valence-corrected chi connectivity index (χ1v) is 6.85. The molecule has 2 aromatic carbocycles. The molecule has 0 spiro atoms. The highest BCUT2D eigenvalue weighted by atomic mass is 19.1. The molecular formula is C17H19F2N. The van der Waals surface area contributed by atoms with Crippen molar-refractivity contribution in [2.45, 2.75) is 32.2 Å². The Hall–Kier alpha value is -1.74. The molecule has 106 valence electrons. The van der Waals surface area contributed by atoms with Crippen LogP contribution >= 0.6 is 0 Å². The van der Waals surface area contributed by atoms with E-state index in [-0.39, 0.29) is 6.04 Å². The van der Waals surface area contributed by atoms with Crippen molar-refractivity contribution in [1.82, 2.24) is 0 Å². The fraction of sp³-hybridized carbons (Fsp3) is 0.294. The minimum atomic E-state index is -0.556. The zero-order valence-electron chi connectivity index (χ0n) is 11.6. The summed E-state index contributed by atoms with van der Waals surface area (Å²) < 4.78 is 26.2. The molecule has 0 radical (unpaired) electrons. The van der Waals surface area contributed by atoms with Gasteiger partial charge in [-0.05, 0) is 48.1 Å². The van der Waals surface area contributed by atoms with Crippen LogP contribution in [0.1, 0.15) is 23.6 Å². The van der Waals surface area contributed by atoms with E-state index in [4.69, 9.17) is 5.73 Å². The van der Waals surface area contributed by atoms with Crippen molar-refractivity contribution < 1.29 is 8.78 Å². The highest BCUT2D eigenvalue weighted by Crippen LogP contribution is 2.12. The number of hydrogen-bond donors (Lipinski definition) is 1. The van der Waals surface area contributed by atoms with E-state index < -0.39 is 11.6 Å². The molecule has 2 rings (SSSR count). The quantitative estimate of drug-likeness (QED) is 0.885. The summed E-state index contributed by atoms with van der Waals surface area (Å²) in [6.45, 7) is 2.11. The van der Waals surface area contributed by atoms with Crippen molar-refractivity contribution in [3.63, 3.8) is 0 Å². The maximum Gasteiger partial charge on any atom is 0.126 e. The molecule has 0 aliphatic heterocycles. The Bertz CT molecular complexity index is 543. The average molecular weight is 275 g/mol. The molecule has 0 bridgehead atoms. The van der Waals surface area contributed by atoms with Gasteiger partial charge in [0.1, 0.15) is 11.6 Å². The summed E-state index contributed by atoms with van der Waals surface area (Å²) in [6.07, 6.45) is 2.17. The lowest BCUT2D eigenvalue weighted by Crippen LogP contribution is -2.25. The third-order valence-electron chi connectivity index (χ3n) is 3.35. The molecule has 1 unspecified atom stereocenters. The molecule has 0 saturated carbocycles. The SMILES string of the molecule is CCc1ccc(CC(N)Cc2cc(F)cc(F)c2)cc1. The molecule has 20 heavy (non-hydrogen) atoms. The molecule has 0 aromatic heterocycles. The maximum atomic E-state index is 13.1. The Morgan fingerprint density at radius 1 is 0.850 bits per heavy atom. The van der Waals surface area contributed by atoms with Gasteiger partial charge in [0.05, 0.1) is 0 Å². The second kappa shape index (κ2) is 6.62. The minimum absolute atomic E-state index is 0.149. The molecule has 1 nitrogen and oxygen atoms in total. The minimum Gasteiger partial charge on any atom is -0.327 e. The van der Waals surface area contributed by atoms with Crippen LogP contribution in [0.5, 0.6) is 0 Å². The lowest BCUT2D eigenvalue weighted by Gasteiger charge is -2.12. The van der Waals surface area contributed by atoms with Gasteiger partial charge in [-0.15, -0.1) is 0 Å². The number of nitrogens with two attached hydrogens (primary N) is 1. The van der Waals surface area contributed by atoms with Gasteiger partial charge >= 0.3 is 0 Å². The Kier molecular flexibility index (Phi) is 4.85. The summed E-state index contributed by atoms with van der Waals surface area (Å²) in [6, 6.07) is 11.7. The fourth-order valence-electron chi connectivity index (χ4n) is 2.32. The largest absolute Gasteiger partial charge is 0.327 e. The first-order valence-electron chi connectivity index (χ1n) is 6.85. The highest BCUT2D eigenvalue weighted by Gasteiger charge is 2.08. The van der Waals surface area contributed by atoms with Crippen LogP contribution in [-0.2, 0) is 19.3 Å². The monoisotopic (exact) mass is 275 g/mol. The van der Waals surface area contributed by atoms with E-state index in [9.17, 15) is 8.78 Å². The molecule has 0 amide bonds. The molecule has 3 heteroatoms. The molecular weight excluding hydrogens is 256 g/mol. The topological polar surface area (TPSA) is 26.0 Å². The Morgan fingerprint density at radius 2 is 1.35 bits per heavy atom. The Labute approximate surface area is 118 Å². The van der Waals surface area contributed by atoms with Crippen molar-refractivity contribution in [1.29, 1.82) is 0 Å². The van der Waals surface area contributed by atoms with Crippen LogP contribution in [0.15, 0.2) is 42.5 Å². The lowest BCUT2D eigenvalue weighted by atomic mass is 9.98. The third-order valence-corrected chi connectivity index (χ3v) is 3.35. The highest BCUT2D eigenvalue weighted by molar-refractivity contribution is 5.24. The van der Waals surface area contributed by atoms with Crippen LogP contribution < -0.4 is 5.73 Å². The van der Waals surface area contributed by atoms with Crippen molar-refractivity contribution in [3.05, 3.63) is 70.8 Å². The second-order valence-electron chi connectivity index (χ2n) is 5.12. The number of benzene rings is 2. The van der Waals surface area contributed by atoms with Gasteiger partial charge in [-0.3, -0.25) is 0 Å². The molecule has 2 aromatic rings. The number of aryl methyl sites for hydroxylation is 1. The first-order chi connectivity index (χ1) is 9.56. The molecule has 1 atom stereocenters. The predicted molar refractivity (Wildman–Crippen MR) is 77.6 cm³/mol. The Balaban J connectivity index is 1.98. The van der Waals surface area contributed by atoms with Gasteiger partial charge in [0.2, 0.25) is 0 Å². The lowest BCUT2D eigenvalue weighted by molar-refractivity contribution is 0.574. The molecule has 2 N–H and O–H groups in total. The van der Waals surface area contributed by atoms with Crippen molar-refractivity contribution in [2.24, 2.45) is 5.73 Å². The predicted octanol–water partition coefficient (Wildman–Crippen LogP) is 3.64. The zero-order chi connectivity index (χ0) is 14.5. The van der Waals surface area contributed by atoms with Crippen molar-refractivity contribution >= 4 is 0 Å². The van der Waals surface area contributed by atoms with Crippen LogP contribution in [0.4, 0.5) is 8.78 Å². The van der Waals surface area contributed by atoms with Crippen LogP contribution in [0.2, 0.25) is 0 Å². The van der Waals surface area contributed by atoms with Gasteiger partial charge in [-0.25, -0.2) is 8.78 Å². The zero-order valence-corrected chi connectivity index (χ0v) is 11.6. The molecule has 0 aliphatic carbocycles. The van der Waals surface area contributed by atoms with E-state index in [0.717, 1.165) is 18.1 Å². The van der Waals surface area contributed by atoms with E-state index in [1.807, 2.05) is 0 Å². The smallest absolute Gasteiger partial charge is 0.126 e. The van der Waals surface area contributed by atoms with Gasteiger partial charge in [-0.1, -0.05) is 31.2 Å². The van der Waals surface area contributed by atoms with E-state index in [2.05, 4.69) is 31.2 Å². The summed E-state index contributed by atoms with van der Waals surface area (Å²) in [7, 11) is 0. The summed E-state index contributed by atoms with van der Waals surface area (Å²) in [5.74, 6) is -1.11. The number of hydrogen-bond acceptors (Lipinski definition) is 1. The summed E-state index contributed by atoms with van der Waals surface area (Å²) >= 11 is 0.